The number of amides is 1. The van der Waals surface area contributed by atoms with Crippen LogP contribution < -0.4 is 10.2 Å². The van der Waals surface area contributed by atoms with Gasteiger partial charge in [0.05, 0.1) is 12.8 Å². The van der Waals surface area contributed by atoms with Crippen molar-refractivity contribution in [2.75, 3.05) is 49.6 Å². The van der Waals surface area contributed by atoms with Crippen molar-refractivity contribution in [2.45, 2.75) is 44.3 Å². The number of hydrogen-bond acceptors (Lipinski definition) is 6. The molecule has 3 aliphatic rings. The summed E-state index contributed by atoms with van der Waals surface area (Å²) in [4.78, 5) is 22.3. The number of halogens is 3. The molecule has 6 rings (SSSR count). The highest BCUT2D eigenvalue weighted by atomic mass is 19.4. The summed E-state index contributed by atoms with van der Waals surface area (Å²) in [6, 6.07) is 6.09. The normalized spacial score (nSPS) is 25.8. The summed E-state index contributed by atoms with van der Waals surface area (Å²) in [6.07, 6.45) is -0.143. The first-order chi connectivity index (χ1) is 18.5. The molecular formula is C28H33F3N6O2. The Labute approximate surface area is 225 Å². The first-order valence-corrected chi connectivity index (χ1v) is 13.4. The molecule has 2 aliphatic heterocycles. The van der Waals surface area contributed by atoms with E-state index in [0.717, 1.165) is 67.0 Å². The number of aryl methyl sites for hydroxylation is 2. The van der Waals surface area contributed by atoms with Crippen LogP contribution in [0.2, 0.25) is 0 Å². The predicted molar refractivity (Wildman–Crippen MR) is 142 cm³/mol. The van der Waals surface area contributed by atoms with Crippen LogP contribution in [0, 0.1) is 12.8 Å². The number of pyridine rings is 1. The lowest BCUT2D eigenvalue weighted by molar-refractivity contribution is -0.144. The third kappa shape index (κ3) is 4.86. The van der Waals surface area contributed by atoms with Crippen LogP contribution in [0.25, 0.3) is 10.8 Å². The fraction of sp³-hybridized carbons (Fsp3) is 0.536. The third-order valence-electron chi connectivity index (χ3n) is 8.63. The zero-order valence-corrected chi connectivity index (χ0v) is 22.4. The van der Waals surface area contributed by atoms with Gasteiger partial charge in [0.25, 0.3) is 0 Å². The van der Waals surface area contributed by atoms with Crippen molar-refractivity contribution in [3.05, 3.63) is 47.4 Å². The van der Waals surface area contributed by atoms with Gasteiger partial charge in [-0.2, -0.15) is 18.3 Å². The standard InChI is InChI=1S/C28H33F3N6O2/c1-17-10-19-14-32-24(34-26(38)21-13-20(21)22-15-33-35(3)25(22)28(29,30)31)12-18(19)11-23(17)36-5-7-37(8-6-36)27(2)4-9-39-16-27/h10-12,14-15,20-21H,4-9,13,16H2,1-3H3,(H,32,34,38)/t20?,21?,27-/m1/s1. The van der Waals surface area contributed by atoms with E-state index in [9.17, 15) is 18.0 Å². The minimum atomic E-state index is -4.52. The van der Waals surface area contributed by atoms with Gasteiger partial charge in [-0.25, -0.2) is 4.98 Å². The number of alkyl halides is 3. The molecule has 1 aromatic carbocycles. The second-order valence-corrected chi connectivity index (χ2v) is 11.3. The number of nitrogens with one attached hydrogen (secondary N) is 1. The van der Waals surface area contributed by atoms with Crippen LogP contribution in [-0.2, 0) is 22.8 Å². The maximum absolute atomic E-state index is 13.5. The van der Waals surface area contributed by atoms with Gasteiger partial charge in [-0.3, -0.25) is 14.4 Å². The number of aromatic nitrogens is 3. The van der Waals surface area contributed by atoms with Crippen molar-refractivity contribution < 1.29 is 22.7 Å². The fourth-order valence-electron chi connectivity index (χ4n) is 6.22. The van der Waals surface area contributed by atoms with E-state index in [2.05, 4.69) is 51.2 Å². The van der Waals surface area contributed by atoms with E-state index in [4.69, 9.17) is 4.74 Å². The van der Waals surface area contributed by atoms with E-state index < -0.39 is 23.7 Å². The van der Waals surface area contributed by atoms with Crippen LogP contribution >= 0.6 is 0 Å². The molecule has 1 N–H and O–H groups in total. The van der Waals surface area contributed by atoms with Crippen molar-refractivity contribution in [1.82, 2.24) is 19.7 Å². The SMILES string of the molecule is Cc1cc2cnc(NC(=O)C3CC3c3cnn(C)c3C(F)(F)F)cc2cc1N1CCN([C@]2(C)CCOC2)CC1. The van der Waals surface area contributed by atoms with Gasteiger partial charge in [0, 0.05) is 74.1 Å². The molecule has 2 unspecified atom stereocenters. The van der Waals surface area contributed by atoms with Crippen molar-refractivity contribution >= 4 is 28.2 Å². The van der Waals surface area contributed by atoms with Crippen LogP contribution in [-0.4, -0.2) is 70.5 Å². The zero-order valence-electron chi connectivity index (χ0n) is 22.4. The second-order valence-electron chi connectivity index (χ2n) is 11.3. The van der Waals surface area contributed by atoms with E-state index >= 15 is 0 Å². The van der Waals surface area contributed by atoms with Gasteiger partial charge in [-0.15, -0.1) is 0 Å². The van der Waals surface area contributed by atoms with E-state index in [-0.39, 0.29) is 17.0 Å². The lowest BCUT2D eigenvalue weighted by atomic mass is 9.97. The summed E-state index contributed by atoms with van der Waals surface area (Å²) in [5.74, 6) is -0.961. The van der Waals surface area contributed by atoms with Crippen LogP contribution in [0.1, 0.15) is 42.5 Å². The summed E-state index contributed by atoms with van der Waals surface area (Å²) >= 11 is 0. The Morgan fingerprint density at radius 2 is 1.90 bits per heavy atom. The van der Waals surface area contributed by atoms with Crippen molar-refractivity contribution in [3.8, 4) is 0 Å². The first kappa shape index (κ1) is 26.1. The van der Waals surface area contributed by atoms with E-state index in [1.165, 1.54) is 18.8 Å². The highest BCUT2D eigenvalue weighted by molar-refractivity contribution is 5.97. The molecule has 1 saturated carbocycles. The highest BCUT2D eigenvalue weighted by Crippen LogP contribution is 2.51. The van der Waals surface area contributed by atoms with Gasteiger partial charge in [0.1, 0.15) is 11.5 Å². The summed E-state index contributed by atoms with van der Waals surface area (Å²) in [5, 5.41) is 8.53. The van der Waals surface area contributed by atoms with Gasteiger partial charge in [0.15, 0.2) is 0 Å². The number of carbonyl (C=O) groups excluding carboxylic acids is 1. The fourth-order valence-corrected chi connectivity index (χ4v) is 6.22. The smallest absolute Gasteiger partial charge is 0.379 e. The predicted octanol–water partition coefficient (Wildman–Crippen LogP) is 4.34. The van der Waals surface area contributed by atoms with Crippen LogP contribution in [0.3, 0.4) is 0 Å². The molecule has 3 fully saturated rings. The summed E-state index contributed by atoms with van der Waals surface area (Å²) in [7, 11) is 1.27. The molecule has 8 nitrogen and oxygen atoms in total. The van der Waals surface area contributed by atoms with Crippen LogP contribution in [0.5, 0.6) is 0 Å². The van der Waals surface area contributed by atoms with Crippen molar-refractivity contribution in [1.29, 1.82) is 0 Å². The number of hydrogen-bond donors (Lipinski definition) is 1. The highest BCUT2D eigenvalue weighted by Gasteiger charge is 2.50. The lowest BCUT2D eigenvalue weighted by Gasteiger charge is -2.44. The molecule has 1 aliphatic carbocycles. The monoisotopic (exact) mass is 542 g/mol. The molecule has 0 spiro atoms. The summed E-state index contributed by atoms with van der Waals surface area (Å²) < 4.78 is 46.9. The molecule has 1 amide bonds. The number of ether oxygens (including phenoxy) is 1. The first-order valence-electron chi connectivity index (χ1n) is 13.4. The molecular weight excluding hydrogens is 509 g/mol. The van der Waals surface area contributed by atoms with E-state index in [1.807, 2.05) is 6.07 Å². The van der Waals surface area contributed by atoms with Gasteiger partial charge in [-0.1, -0.05) is 0 Å². The summed E-state index contributed by atoms with van der Waals surface area (Å²) in [6.45, 7) is 9.81. The van der Waals surface area contributed by atoms with Gasteiger partial charge in [-0.05, 0) is 61.8 Å². The Morgan fingerprint density at radius 1 is 1.13 bits per heavy atom. The molecule has 3 atom stereocenters. The Kier molecular flexibility index (Phi) is 6.33. The van der Waals surface area contributed by atoms with E-state index in [0.29, 0.717) is 12.2 Å². The largest absolute Gasteiger partial charge is 0.433 e. The average Bonchev–Trinajstić information content (AvgIpc) is 3.40. The van der Waals surface area contributed by atoms with Gasteiger partial charge >= 0.3 is 6.18 Å². The quantitative estimate of drug-likeness (QED) is 0.517. The topological polar surface area (TPSA) is 75.5 Å². The molecule has 2 aromatic heterocycles. The lowest BCUT2D eigenvalue weighted by Crippen LogP contribution is -2.56. The summed E-state index contributed by atoms with van der Waals surface area (Å²) in [5.41, 5.74) is 1.74. The Balaban J connectivity index is 1.15. The number of piperazine rings is 1. The van der Waals surface area contributed by atoms with Crippen LogP contribution in [0.15, 0.2) is 30.6 Å². The third-order valence-corrected chi connectivity index (χ3v) is 8.63. The minimum Gasteiger partial charge on any atom is -0.379 e. The molecule has 4 heterocycles. The number of anilines is 2. The number of nitrogens with zero attached hydrogens (tertiary/aromatic N) is 5. The molecule has 39 heavy (non-hydrogen) atoms. The number of fused-ring (bicyclic) bond motifs is 1. The molecule has 11 heteroatoms. The Bertz CT molecular complexity index is 1410. The van der Waals surface area contributed by atoms with Crippen LogP contribution in [0.4, 0.5) is 24.7 Å². The Hall–Kier alpha value is -3.18. The molecule has 208 valence electrons. The molecule has 3 aromatic rings. The number of carbonyl (C=O) groups is 1. The van der Waals surface area contributed by atoms with Gasteiger partial charge < -0.3 is 15.0 Å². The number of rotatable bonds is 5. The average molecular weight is 543 g/mol. The van der Waals surface area contributed by atoms with Gasteiger partial charge in [0.2, 0.25) is 5.91 Å². The molecule has 0 radical (unpaired) electrons. The zero-order chi connectivity index (χ0) is 27.5. The van der Waals surface area contributed by atoms with Crippen molar-refractivity contribution in [3.63, 3.8) is 0 Å². The second kappa shape index (κ2) is 9.48. The Morgan fingerprint density at radius 3 is 2.59 bits per heavy atom. The minimum absolute atomic E-state index is 0.0753. The molecule has 2 saturated heterocycles. The molecule has 0 bridgehead atoms. The number of benzene rings is 1. The van der Waals surface area contributed by atoms with E-state index in [1.54, 1.807) is 6.20 Å². The van der Waals surface area contributed by atoms with Crippen molar-refractivity contribution in [2.24, 2.45) is 13.0 Å². The maximum atomic E-state index is 13.5. The maximum Gasteiger partial charge on any atom is 0.433 e.